The maximum Gasteiger partial charge on any atom is 0.330 e. The van der Waals surface area contributed by atoms with Gasteiger partial charge in [0, 0.05) is 30.6 Å². The molecule has 2 aromatic rings. The normalized spacial score (nSPS) is 12.3. The second-order valence-electron chi connectivity index (χ2n) is 4.82. The van der Waals surface area contributed by atoms with Crippen molar-refractivity contribution in [3.05, 3.63) is 37.4 Å². The van der Waals surface area contributed by atoms with Crippen LogP contribution in [0.5, 0.6) is 0 Å². The Balaban J connectivity index is 2.22. The Morgan fingerprint density at radius 3 is 2.90 bits per heavy atom. The van der Waals surface area contributed by atoms with E-state index in [4.69, 9.17) is 5.73 Å². The average Bonchev–Trinajstić information content (AvgIpc) is 2.97. The molecular formula is C13H19N5O2S. The number of hydrogen-bond donors (Lipinski definition) is 3. The van der Waals surface area contributed by atoms with Crippen LogP contribution in [-0.4, -0.2) is 21.1 Å². The fourth-order valence-electron chi connectivity index (χ4n) is 2.02. The molecule has 0 aromatic carbocycles. The van der Waals surface area contributed by atoms with E-state index in [0.29, 0.717) is 13.1 Å². The molecule has 0 saturated heterocycles. The molecule has 1 atom stereocenters. The number of nitrogens with zero attached hydrogens (tertiary/aromatic N) is 2. The molecule has 0 aliphatic heterocycles. The minimum atomic E-state index is -0.490. The molecule has 1 unspecified atom stereocenters. The van der Waals surface area contributed by atoms with Gasteiger partial charge in [0.15, 0.2) is 0 Å². The summed E-state index contributed by atoms with van der Waals surface area (Å²) in [5, 5.41) is 5.93. The number of anilines is 2. The predicted octanol–water partition coefficient (Wildman–Crippen LogP) is 1.20. The van der Waals surface area contributed by atoms with Gasteiger partial charge < -0.3 is 11.1 Å². The van der Waals surface area contributed by atoms with Gasteiger partial charge in [-0.25, -0.2) is 9.78 Å². The quantitative estimate of drug-likeness (QED) is 0.743. The first-order chi connectivity index (χ1) is 10.0. The van der Waals surface area contributed by atoms with Crippen molar-refractivity contribution in [2.24, 2.45) is 0 Å². The number of nitrogens with two attached hydrogens (primary N) is 1. The van der Waals surface area contributed by atoms with Gasteiger partial charge in [-0.2, -0.15) is 0 Å². The van der Waals surface area contributed by atoms with Crippen molar-refractivity contribution in [1.82, 2.24) is 14.5 Å². The van der Waals surface area contributed by atoms with Gasteiger partial charge in [0.25, 0.3) is 5.56 Å². The zero-order chi connectivity index (χ0) is 15.4. The first-order valence-electron chi connectivity index (χ1n) is 6.80. The van der Waals surface area contributed by atoms with Gasteiger partial charge in [0.05, 0.1) is 5.01 Å². The second-order valence-corrected chi connectivity index (χ2v) is 5.75. The molecule has 0 aliphatic rings. The lowest BCUT2D eigenvalue weighted by Gasteiger charge is -2.15. The SMILES string of the molecule is CCCn1c(N)c(NCC(C)c2nccs2)c(=O)[nH]c1=O. The van der Waals surface area contributed by atoms with Crippen LogP contribution in [0.2, 0.25) is 0 Å². The third-order valence-electron chi connectivity index (χ3n) is 3.14. The fraction of sp³-hybridized carbons (Fsp3) is 0.462. The smallest absolute Gasteiger partial charge is 0.330 e. The number of rotatable bonds is 6. The first-order valence-corrected chi connectivity index (χ1v) is 7.68. The van der Waals surface area contributed by atoms with Crippen molar-refractivity contribution in [3.8, 4) is 0 Å². The highest BCUT2D eigenvalue weighted by Crippen LogP contribution is 2.19. The van der Waals surface area contributed by atoms with Gasteiger partial charge >= 0.3 is 5.69 Å². The highest BCUT2D eigenvalue weighted by atomic mass is 32.1. The second kappa shape index (κ2) is 6.57. The highest BCUT2D eigenvalue weighted by Gasteiger charge is 2.14. The molecule has 0 bridgehead atoms. The third-order valence-corrected chi connectivity index (χ3v) is 4.15. The van der Waals surface area contributed by atoms with Crippen LogP contribution >= 0.6 is 11.3 Å². The molecule has 7 nitrogen and oxygen atoms in total. The van der Waals surface area contributed by atoms with E-state index in [0.717, 1.165) is 11.4 Å². The summed E-state index contributed by atoms with van der Waals surface area (Å²) in [6.45, 7) is 4.94. The molecule has 2 aromatic heterocycles. The molecule has 0 radical (unpaired) electrons. The van der Waals surface area contributed by atoms with Crippen LogP contribution in [0.1, 0.15) is 31.2 Å². The Morgan fingerprint density at radius 1 is 1.52 bits per heavy atom. The number of hydrogen-bond acceptors (Lipinski definition) is 6. The van der Waals surface area contributed by atoms with Crippen LogP contribution < -0.4 is 22.3 Å². The molecule has 8 heteroatoms. The molecule has 0 spiro atoms. The van der Waals surface area contributed by atoms with Crippen molar-refractivity contribution in [1.29, 1.82) is 0 Å². The molecule has 114 valence electrons. The van der Waals surface area contributed by atoms with Gasteiger partial charge in [0.2, 0.25) is 0 Å². The van der Waals surface area contributed by atoms with Gasteiger partial charge in [-0.15, -0.1) is 11.3 Å². The van der Waals surface area contributed by atoms with E-state index in [9.17, 15) is 9.59 Å². The molecule has 0 aliphatic carbocycles. The summed E-state index contributed by atoms with van der Waals surface area (Å²) in [7, 11) is 0. The zero-order valence-electron chi connectivity index (χ0n) is 12.0. The van der Waals surface area contributed by atoms with Crippen LogP contribution in [0.15, 0.2) is 21.2 Å². The Kier molecular flexibility index (Phi) is 4.79. The van der Waals surface area contributed by atoms with Crippen molar-refractivity contribution in [3.63, 3.8) is 0 Å². The molecular weight excluding hydrogens is 290 g/mol. The van der Waals surface area contributed by atoms with Crippen LogP contribution in [-0.2, 0) is 6.54 Å². The van der Waals surface area contributed by atoms with E-state index in [1.807, 2.05) is 19.2 Å². The summed E-state index contributed by atoms with van der Waals surface area (Å²) >= 11 is 1.56. The molecule has 0 fully saturated rings. The Hall–Kier alpha value is -2.09. The van der Waals surface area contributed by atoms with Gasteiger partial charge in [-0.05, 0) is 6.42 Å². The largest absolute Gasteiger partial charge is 0.383 e. The van der Waals surface area contributed by atoms with Gasteiger partial charge in [-0.1, -0.05) is 13.8 Å². The van der Waals surface area contributed by atoms with Gasteiger partial charge in [0.1, 0.15) is 11.5 Å². The number of H-pyrrole nitrogens is 1. The average molecular weight is 309 g/mol. The monoisotopic (exact) mass is 309 g/mol. The Labute approximate surface area is 125 Å². The summed E-state index contributed by atoms with van der Waals surface area (Å²) in [5.74, 6) is 0.326. The van der Waals surface area contributed by atoms with Crippen molar-refractivity contribution in [2.45, 2.75) is 32.7 Å². The standard InChI is InChI=1S/C13H19N5O2S/c1-3-5-18-10(14)9(11(19)17-13(18)20)16-7-8(2)12-15-4-6-21-12/h4,6,8,16H,3,5,7,14H2,1-2H3,(H,17,19,20). The van der Waals surface area contributed by atoms with Crippen LogP contribution in [0.4, 0.5) is 11.5 Å². The molecule has 2 rings (SSSR count). The molecule has 2 heterocycles. The van der Waals surface area contributed by atoms with Crippen molar-refractivity contribution in [2.75, 3.05) is 17.6 Å². The summed E-state index contributed by atoms with van der Waals surface area (Å²) in [6.07, 6.45) is 2.50. The lowest BCUT2D eigenvalue weighted by atomic mass is 10.2. The summed E-state index contributed by atoms with van der Waals surface area (Å²) < 4.78 is 1.37. The highest BCUT2D eigenvalue weighted by molar-refractivity contribution is 7.09. The summed E-state index contributed by atoms with van der Waals surface area (Å²) in [5.41, 5.74) is 5.22. The maximum absolute atomic E-state index is 11.9. The lowest BCUT2D eigenvalue weighted by molar-refractivity contribution is 0.642. The molecule has 0 amide bonds. The van der Waals surface area contributed by atoms with Crippen LogP contribution in [0.25, 0.3) is 0 Å². The van der Waals surface area contributed by atoms with Crippen LogP contribution in [0.3, 0.4) is 0 Å². The number of aromatic amines is 1. The minimum Gasteiger partial charge on any atom is -0.383 e. The van der Waals surface area contributed by atoms with Crippen molar-refractivity contribution < 1.29 is 0 Å². The molecule has 21 heavy (non-hydrogen) atoms. The van der Waals surface area contributed by atoms with E-state index in [2.05, 4.69) is 15.3 Å². The number of nitrogen functional groups attached to an aromatic ring is 1. The van der Waals surface area contributed by atoms with Crippen LogP contribution in [0, 0.1) is 0 Å². The Morgan fingerprint density at radius 2 is 2.29 bits per heavy atom. The van der Waals surface area contributed by atoms with E-state index in [1.165, 1.54) is 4.57 Å². The lowest BCUT2D eigenvalue weighted by Crippen LogP contribution is -2.34. The summed E-state index contributed by atoms with van der Waals surface area (Å²) in [4.78, 5) is 30.1. The van der Waals surface area contributed by atoms with Gasteiger partial charge in [-0.3, -0.25) is 14.3 Å². The van der Waals surface area contributed by atoms with E-state index in [1.54, 1.807) is 17.5 Å². The number of thiazole rings is 1. The fourth-order valence-corrected chi connectivity index (χ4v) is 2.72. The minimum absolute atomic E-state index is 0.148. The number of aromatic nitrogens is 3. The summed E-state index contributed by atoms with van der Waals surface area (Å²) in [6, 6.07) is 0. The Bertz CT molecular complexity index is 704. The number of nitrogens with one attached hydrogen (secondary N) is 2. The third kappa shape index (κ3) is 3.33. The predicted molar refractivity (Wildman–Crippen MR) is 85.0 cm³/mol. The first kappa shape index (κ1) is 15.3. The van der Waals surface area contributed by atoms with Crippen molar-refractivity contribution >= 4 is 22.8 Å². The molecule has 4 N–H and O–H groups in total. The van der Waals surface area contributed by atoms with E-state index >= 15 is 0 Å². The maximum atomic E-state index is 11.9. The topological polar surface area (TPSA) is 106 Å². The molecule has 0 saturated carbocycles. The van der Waals surface area contributed by atoms with E-state index < -0.39 is 11.2 Å². The van der Waals surface area contributed by atoms with E-state index in [-0.39, 0.29) is 17.4 Å². The zero-order valence-corrected chi connectivity index (χ0v) is 12.9.